The van der Waals surface area contributed by atoms with Crippen LogP contribution in [0.15, 0.2) is 35.6 Å². The maximum absolute atomic E-state index is 12.9. The first-order valence-corrected chi connectivity index (χ1v) is 9.56. The lowest BCUT2D eigenvalue weighted by molar-refractivity contribution is 0.579. The number of hydrogen-bond acceptors (Lipinski definition) is 5. The van der Waals surface area contributed by atoms with E-state index in [1.165, 1.54) is 11.0 Å². The number of nitrogens with one attached hydrogen (secondary N) is 2. The van der Waals surface area contributed by atoms with Crippen molar-refractivity contribution in [2.75, 3.05) is 4.72 Å². The third-order valence-corrected chi connectivity index (χ3v) is 5.87. The standard InChI is InChI=1S/C16H18N6O2S/c1-22-16(13-4-2-3-5-14(13)20-22)25(23,24)21-12-8-6-11(7-9-12)15-17-10-18-19-15/h6-10,21H,2-5H2,1H3,(H,17,18,19). The van der Waals surface area contributed by atoms with Crippen molar-refractivity contribution in [3.05, 3.63) is 41.9 Å². The Morgan fingerprint density at radius 3 is 2.64 bits per heavy atom. The van der Waals surface area contributed by atoms with E-state index in [1.54, 1.807) is 31.3 Å². The van der Waals surface area contributed by atoms with E-state index in [1.807, 2.05) is 0 Å². The molecule has 25 heavy (non-hydrogen) atoms. The molecule has 1 aromatic carbocycles. The predicted molar refractivity (Wildman–Crippen MR) is 92.5 cm³/mol. The van der Waals surface area contributed by atoms with E-state index in [4.69, 9.17) is 0 Å². The predicted octanol–water partition coefficient (Wildman–Crippen LogP) is 1.88. The largest absolute Gasteiger partial charge is 0.279 e. The fourth-order valence-electron chi connectivity index (χ4n) is 3.23. The molecule has 0 bridgehead atoms. The highest BCUT2D eigenvalue weighted by atomic mass is 32.2. The number of fused-ring (bicyclic) bond motifs is 1. The molecule has 0 aliphatic heterocycles. The molecular formula is C16H18N6O2S. The Labute approximate surface area is 145 Å². The summed E-state index contributed by atoms with van der Waals surface area (Å²) >= 11 is 0. The first-order chi connectivity index (χ1) is 12.0. The third kappa shape index (κ3) is 2.91. The van der Waals surface area contributed by atoms with E-state index >= 15 is 0 Å². The number of hydrogen-bond donors (Lipinski definition) is 2. The number of H-pyrrole nitrogens is 1. The van der Waals surface area contributed by atoms with Crippen LogP contribution in [0.5, 0.6) is 0 Å². The van der Waals surface area contributed by atoms with E-state index in [2.05, 4.69) is 25.0 Å². The van der Waals surface area contributed by atoms with Crippen LogP contribution in [0.4, 0.5) is 5.69 Å². The SMILES string of the molecule is Cn1nc2c(c1S(=O)(=O)Nc1ccc(-c3ncn[nH]3)cc1)CCCC2. The molecule has 1 aliphatic rings. The van der Waals surface area contributed by atoms with Crippen molar-refractivity contribution in [3.8, 4) is 11.4 Å². The summed E-state index contributed by atoms with van der Waals surface area (Å²) in [6, 6.07) is 6.99. The van der Waals surface area contributed by atoms with Crippen molar-refractivity contribution in [3.63, 3.8) is 0 Å². The molecule has 0 spiro atoms. The number of sulfonamides is 1. The van der Waals surface area contributed by atoms with E-state index in [0.29, 0.717) is 11.5 Å². The molecule has 2 aromatic heterocycles. The highest BCUT2D eigenvalue weighted by Gasteiger charge is 2.28. The van der Waals surface area contributed by atoms with Gasteiger partial charge in [0.25, 0.3) is 10.0 Å². The van der Waals surface area contributed by atoms with Gasteiger partial charge in [-0.2, -0.15) is 18.6 Å². The van der Waals surface area contributed by atoms with Crippen LogP contribution in [0.3, 0.4) is 0 Å². The maximum atomic E-state index is 12.9. The lowest BCUT2D eigenvalue weighted by Crippen LogP contribution is -2.18. The van der Waals surface area contributed by atoms with E-state index in [0.717, 1.165) is 42.5 Å². The highest BCUT2D eigenvalue weighted by molar-refractivity contribution is 7.92. The fraction of sp³-hybridized carbons (Fsp3) is 0.312. The van der Waals surface area contributed by atoms with Crippen LogP contribution in [0.2, 0.25) is 0 Å². The number of aromatic amines is 1. The van der Waals surface area contributed by atoms with Crippen molar-refractivity contribution in [2.45, 2.75) is 30.7 Å². The van der Waals surface area contributed by atoms with Gasteiger partial charge in [-0.15, -0.1) is 0 Å². The second-order valence-electron chi connectivity index (χ2n) is 6.08. The Morgan fingerprint density at radius 2 is 1.92 bits per heavy atom. The zero-order valence-corrected chi connectivity index (χ0v) is 14.5. The molecule has 0 saturated heterocycles. The molecule has 2 N–H and O–H groups in total. The van der Waals surface area contributed by atoms with E-state index < -0.39 is 10.0 Å². The van der Waals surface area contributed by atoms with Crippen LogP contribution < -0.4 is 4.72 Å². The van der Waals surface area contributed by atoms with Gasteiger partial charge in [-0.1, -0.05) is 0 Å². The van der Waals surface area contributed by atoms with Crippen LogP contribution in [-0.4, -0.2) is 33.4 Å². The second kappa shape index (κ2) is 5.99. The van der Waals surface area contributed by atoms with Gasteiger partial charge in [0.05, 0.1) is 5.69 Å². The molecule has 0 atom stereocenters. The molecule has 9 heteroatoms. The minimum absolute atomic E-state index is 0.265. The summed E-state index contributed by atoms with van der Waals surface area (Å²) in [6.45, 7) is 0. The molecule has 0 fully saturated rings. The Bertz CT molecular complexity index is 990. The second-order valence-corrected chi connectivity index (χ2v) is 7.68. The third-order valence-electron chi connectivity index (χ3n) is 4.34. The van der Waals surface area contributed by atoms with Crippen molar-refractivity contribution < 1.29 is 8.42 Å². The monoisotopic (exact) mass is 358 g/mol. The van der Waals surface area contributed by atoms with Crippen molar-refractivity contribution in [2.24, 2.45) is 7.05 Å². The number of benzene rings is 1. The van der Waals surface area contributed by atoms with Gasteiger partial charge in [0, 0.05) is 23.9 Å². The zero-order valence-electron chi connectivity index (χ0n) is 13.7. The molecule has 2 heterocycles. The first-order valence-electron chi connectivity index (χ1n) is 8.08. The van der Waals surface area contributed by atoms with Crippen LogP contribution in [0.1, 0.15) is 24.1 Å². The molecule has 0 unspecified atom stereocenters. The van der Waals surface area contributed by atoms with Gasteiger partial charge in [0.2, 0.25) is 0 Å². The Kier molecular flexibility index (Phi) is 3.79. The molecule has 0 radical (unpaired) electrons. The molecule has 0 saturated carbocycles. The number of aromatic nitrogens is 5. The van der Waals surface area contributed by atoms with Gasteiger partial charge in [-0.05, 0) is 49.9 Å². The topological polar surface area (TPSA) is 106 Å². The van der Waals surface area contributed by atoms with Crippen molar-refractivity contribution in [1.82, 2.24) is 25.0 Å². The van der Waals surface area contributed by atoms with Crippen LogP contribution in [0, 0.1) is 0 Å². The van der Waals surface area contributed by atoms with Gasteiger partial charge >= 0.3 is 0 Å². The summed E-state index contributed by atoms with van der Waals surface area (Å²) in [5.74, 6) is 0.634. The quantitative estimate of drug-likeness (QED) is 0.741. The smallest absolute Gasteiger partial charge is 0.278 e. The summed E-state index contributed by atoms with van der Waals surface area (Å²) in [6.07, 6.45) is 5.07. The van der Waals surface area contributed by atoms with Gasteiger partial charge < -0.3 is 0 Å². The van der Waals surface area contributed by atoms with Gasteiger partial charge in [-0.3, -0.25) is 14.5 Å². The van der Waals surface area contributed by atoms with Gasteiger partial charge in [0.15, 0.2) is 10.9 Å². The van der Waals surface area contributed by atoms with Crippen molar-refractivity contribution in [1.29, 1.82) is 0 Å². The summed E-state index contributed by atoms with van der Waals surface area (Å²) in [4.78, 5) is 4.07. The lowest BCUT2D eigenvalue weighted by Gasteiger charge is -2.13. The number of anilines is 1. The molecule has 0 amide bonds. The Balaban J connectivity index is 1.63. The van der Waals surface area contributed by atoms with Gasteiger partial charge in [-0.25, -0.2) is 4.98 Å². The molecular weight excluding hydrogens is 340 g/mol. The minimum atomic E-state index is -3.69. The fourth-order valence-corrected chi connectivity index (χ4v) is 4.71. The molecule has 130 valence electrons. The molecule has 4 rings (SSSR count). The minimum Gasteiger partial charge on any atom is -0.278 e. The molecule has 3 aromatic rings. The van der Waals surface area contributed by atoms with E-state index in [-0.39, 0.29) is 5.03 Å². The van der Waals surface area contributed by atoms with Crippen LogP contribution >= 0.6 is 0 Å². The van der Waals surface area contributed by atoms with E-state index in [9.17, 15) is 8.42 Å². The van der Waals surface area contributed by atoms with Crippen LogP contribution in [-0.2, 0) is 29.9 Å². The Hall–Kier alpha value is -2.68. The average molecular weight is 358 g/mol. The van der Waals surface area contributed by atoms with Crippen molar-refractivity contribution >= 4 is 15.7 Å². The normalized spacial score (nSPS) is 14.3. The summed E-state index contributed by atoms with van der Waals surface area (Å²) in [7, 11) is -2.01. The molecule has 8 nitrogen and oxygen atoms in total. The molecule has 1 aliphatic carbocycles. The lowest BCUT2D eigenvalue weighted by atomic mass is 9.99. The number of rotatable bonds is 4. The highest BCUT2D eigenvalue weighted by Crippen LogP contribution is 2.28. The number of nitrogens with zero attached hydrogens (tertiary/aromatic N) is 4. The summed E-state index contributed by atoms with van der Waals surface area (Å²) < 4.78 is 29.9. The average Bonchev–Trinajstić information content (AvgIpc) is 3.21. The maximum Gasteiger partial charge on any atom is 0.279 e. The number of aryl methyl sites for hydroxylation is 2. The Morgan fingerprint density at radius 1 is 1.16 bits per heavy atom. The van der Waals surface area contributed by atoms with Crippen LogP contribution in [0.25, 0.3) is 11.4 Å². The first kappa shape index (κ1) is 15.8. The van der Waals surface area contributed by atoms with Gasteiger partial charge in [0.1, 0.15) is 6.33 Å². The zero-order chi connectivity index (χ0) is 17.4. The summed E-state index contributed by atoms with van der Waals surface area (Å²) in [5.41, 5.74) is 3.07. The summed E-state index contributed by atoms with van der Waals surface area (Å²) in [5, 5.41) is 11.2.